The van der Waals surface area contributed by atoms with E-state index in [1.165, 1.54) is 6.07 Å². The van der Waals surface area contributed by atoms with Gasteiger partial charge in [0.25, 0.3) is 0 Å². The van der Waals surface area contributed by atoms with E-state index >= 15 is 0 Å². The van der Waals surface area contributed by atoms with Gasteiger partial charge in [-0.2, -0.15) is 0 Å². The first kappa shape index (κ1) is 14.4. The highest BCUT2D eigenvalue weighted by atomic mass is 35.5. The normalized spacial score (nSPS) is 12.7. The number of nitrogens with two attached hydrogens (primary N) is 1. The molecule has 0 bridgehead atoms. The molecule has 0 aliphatic carbocycles. The fourth-order valence-electron chi connectivity index (χ4n) is 1.69. The quantitative estimate of drug-likeness (QED) is 0.449. The van der Waals surface area contributed by atoms with Crippen molar-refractivity contribution in [2.45, 2.75) is 25.3 Å². The van der Waals surface area contributed by atoms with Crippen molar-refractivity contribution < 1.29 is 9.13 Å². The van der Waals surface area contributed by atoms with E-state index in [0.29, 0.717) is 23.6 Å². The highest BCUT2D eigenvalue weighted by Gasteiger charge is 2.13. The summed E-state index contributed by atoms with van der Waals surface area (Å²) in [7, 11) is 1.65. The standard InChI is InChI=1S/C12H18ClFN2O/c1-17-7-3-4-9(16-15)8-10-11(13)5-2-6-12(10)14/h2,5-6,9,16H,3-4,7-8,15H2,1H3. The smallest absolute Gasteiger partial charge is 0.127 e. The minimum Gasteiger partial charge on any atom is -0.385 e. The lowest BCUT2D eigenvalue weighted by atomic mass is 10.0. The molecule has 0 amide bonds. The van der Waals surface area contributed by atoms with Gasteiger partial charge in [-0.05, 0) is 31.4 Å². The van der Waals surface area contributed by atoms with Crippen LogP contribution in [0.1, 0.15) is 18.4 Å². The number of hydrazine groups is 1. The van der Waals surface area contributed by atoms with Gasteiger partial charge in [-0.1, -0.05) is 17.7 Å². The third-order valence-corrected chi connectivity index (χ3v) is 3.00. The summed E-state index contributed by atoms with van der Waals surface area (Å²) in [5, 5.41) is 0.442. The van der Waals surface area contributed by atoms with E-state index in [0.717, 1.165) is 12.8 Å². The van der Waals surface area contributed by atoms with E-state index in [1.54, 1.807) is 19.2 Å². The third kappa shape index (κ3) is 4.60. The average molecular weight is 261 g/mol. The zero-order valence-electron chi connectivity index (χ0n) is 9.88. The Morgan fingerprint density at radius 2 is 2.29 bits per heavy atom. The minimum atomic E-state index is -0.288. The lowest BCUT2D eigenvalue weighted by Crippen LogP contribution is -2.37. The maximum atomic E-state index is 13.6. The molecule has 0 radical (unpaired) electrons. The number of benzene rings is 1. The van der Waals surface area contributed by atoms with E-state index in [4.69, 9.17) is 22.2 Å². The molecule has 0 saturated heterocycles. The molecule has 1 atom stereocenters. The molecule has 0 heterocycles. The Morgan fingerprint density at radius 1 is 1.53 bits per heavy atom. The van der Waals surface area contributed by atoms with Gasteiger partial charge >= 0.3 is 0 Å². The molecule has 3 N–H and O–H groups in total. The second-order valence-corrected chi connectivity index (χ2v) is 4.31. The van der Waals surface area contributed by atoms with Crippen LogP contribution in [-0.2, 0) is 11.2 Å². The van der Waals surface area contributed by atoms with Crippen molar-refractivity contribution in [3.63, 3.8) is 0 Å². The minimum absolute atomic E-state index is 0.000417. The van der Waals surface area contributed by atoms with Crippen LogP contribution >= 0.6 is 11.6 Å². The maximum Gasteiger partial charge on any atom is 0.127 e. The van der Waals surface area contributed by atoms with Crippen molar-refractivity contribution in [1.82, 2.24) is 5.43 Å². The lowest BCUT2D eigenvalue weighted by Gasteiger charge is -2.16. The highest BCUT2D eigenvalue weighted by molar-refractivity contribution is 6.31. The van der Waals surface area contributed by atoms with Crippen molar-refractivity contribution in [3.05, 3.63) is 34.6 Å². The predicted molar refractivity (Wildman–Crippen MR) is 67.3 cm³/mol. The summed E-state index contributed by atoms with van der Waals surface area (Å²) in [6, 6.07) is 4.68. The van der Waals surface area contributed by atoms with Crippen LogP contribution in [0.4, 0.5) is 4.39 Å². The highest BCUT2D eigenvalue weighted by Crippen LogP contribution is 2.21. The molecule has 0 fully saturated rings. The number of rotatable bonds is 7. The molecule has 1 aromatic carbocycles. The summed E-state index contributed by atoms with van der Waals surface area (Å²) < 4.78 is 18.5. The van der Waals surface area contributed by atoms with Crippen LogP contribution in [0.3, 0.4) is 0 Å². The molecule has 0 saturated carbocycles. The molecule has 0 aromatic heterocycles. The topological polar surface area (TPSA) is 47.3 Å². The first-order valence-corrected chi connectivity index (χ1v) is 5.94. The van der Waals surface area contributed by atoms with Crippen LogP contribution in [-0.4, -0.2) is 19.8 Å². The first-order chi connectivity index (χ1) is 8.19. The molecule has 1 unspecified atom stereocenters. The molecular formula is C12H18ClFN2O. The summed E-state index contributed by atoms with van der Waals surface area (Å²) >= 11 is 5.96. The summed E-state index contributed by atoms with van der Waals surface area (Å²) in [4.78, 5) is 0. The van der Waals surface area contributed by atoms with E-state index in [1.807, 2.05) is 0 Å². The number of halogens is 2. The Hall–Kier alpha value is -0.680. The maximum absolute atomic E-state index is 13.6. The fourth-order valence-corrected chi connectivity index (χ4v) is 1.93. The number of hydrogen-bond acceptors (Lipinski definition) is 3. The largest absolute Gasteiger partial charge is 0.385 e. The van der Waals surface area contributed by atoms with Crippen molar-refractivity contribution in [1.29, 1.82) is 0 Å². The number of hydrogen-bond donors (Lipinski definition) is 2. The van der Waals surface area contributed by atoms with Gasteiger partial charge in [0.1, 0.15) is 5.82 Å². The molecular weight excluding hydrogens is 243 g/mol. The monoisotopic (exact) mass is 260 g/mol. The molecule has 0 spiro atoms. The van der Waals surface area contributed by atoms with Crippen molar-refractivity contribution in [3.8, 4) is 0 Å². The van der Waals surface area contributed by atoms with Crippen molar-refractivity contribution >= 4 is 11.6 Å². The fraction of sp³-hybridized carbons (Fsp3) is 0.500. The molecule has 1 aromatic rings. The van der Waals surface area contributed by atoms with Crippen molar-refractivity contribution in [2.75, 3.05) is 13.7 Å². The Balaban J connectivity index is 2.60. The second kappa shape index (κ2) is 7.61. The first-order valence-electron chi connectivity index (χ1n) is 5.57. The zero-order chi connectivity index (χ0) is 12.7. The molecule has 0 aliphatic heterocycles. The van der Waals surface area contributed by atoms with Gasteiger partial charge in [-0.3, -0.25) is 11.3 Å². The zero-order valence-corrected chi connectivity index (χ0v) is 10.6. The van der Waals surface area contributed by atoms with E-state index in [9.17, 15) is 4.39 Å². The van der Waals surface area contributed by atoms with Gasteiger partial charge in [-0.25, -0.2) is 4.39 Å². The number of methoxy groups -OCH3 is 1. The van der Waals surface area contributed by atoms with Gasteiger partial charge in [0.2, 0.25) is 0 Å². The average Bonchev–Trinajstić information content (AvgIpc) is 2.32. The van der Waals surface area contributed by atoms with Crippen LogP contribution in [0, 0.1) is 5.82 Å². The Kier molecular flexibility index (Phi) is 6.44. The Labute approximate surface area is 106 Å². The van der Waals surface area contributed by atoms with Gasteiger partial charge in [0.05, 0.1) is 0 Å². The Morgan fingerprint density at radius 3 is 2.88 bits per heavy atom. The van der Waals surface area contributed by atoms with Crippen LogP contribution < -0.4 is 11.3 Å². The number of nitrogens with one attached hydrogen (secondary N) is 1. The van der Waals surface area contributed by atoms with Gasteiger partial charge in [0, 0.05) is 30.3 Å². The lowest BCUT2D eigenvalue weighted by molar-refractivity contribution is 0.188. The van der Waals surface area contributed by atoms with Crippen LogP contribution in [0.15, 0.2) is 18.2 Å². The van der Waals surface area contributed by atoms with E-state index < -0.39 is 0 Å². The Bertz CT molecular complexity index is 329. The number of ether oxygens (including phenoxy) is 1. The molecule has 0 aliphatic rings. The molecule has 5 heteroatoms. The van der Waals surface area contributed by atoms with Crippen LogP contribution in [0.2, 0.25) is 5.02 Å². The molecule has 17 heavy (non-hydrogen) atoms. The van der Waals surface area contributed by atoms with Gasteiger partial charge in [0.15, 0.2) is 0 Å². The SMILES string of the molecule is COCCCC(Cc1c(F)cccc1Cl)NN. The summed E-state index contributed by atoms with van der Waals surface area (Å²) in [6.45, 7) is 0.670. The predicted octanol–water partition coefficient (Wildman–Crippen LogP) is 2.28. The molecule has 3 nitrogen and oxygen atoms in total. The summed E-state index contributed by atoms with van der Waals surface area (Å²) in [5.41, 5.74) is 3.19. The third-order valence-electron chi connectivity index (χ3n) is 2.65. The van der Waals surface area contributed by atoms with Gasteiger partial charge in [-0.15, -0.1) is 0 Å². The van der Waals surface area contributed by atoms with Gasteiger partial charge < -0.3 is 4.74 Å². The van der Waals surface area contributed by atoms with E-state index in [2.05, 4.69) is 5.43 Å². The second-order valence-electron chi connectivity index (χ2n) is 3.90. The summed E-state index contributed by atoms with van der Waals surface area (Å²) in [6.07, 6.45) is 2.16. The van der Waals surface area contributed by atoms with Crippen molar-refractivity contribution in [2.24, 2.45) is 5.84 Å². The van der Waals surface area contributed by atoms with Crippen LogP contribution in [0.5, 0.6) is 0 Å². The summed E-state index contributed by atoms with van der Waals surface area (Å²) in [5.74, 6) is 5.16. The van der Waals surface area contributed by atoms with Crippen LogP contribution in [0.25, 0.3) is 0 Å². The van der Waals surface area contributed by atoms with E-state index in [-0.39, 0.29) is 11.9 Å². The molecule has 96 valence electrons. The molecule has 1 rings (SSSR count).